The summed E-state index contributed by atoms with van der Waals surface area (Å²) in [5.74, 6) is 2.83. The van der Waals surface area contributed by atoms with E-state index in [-0.39, 0.29) is 11.7 Å². The number of aromatic nitrogens is 3. The number of benzene rings is 2. The highest BCUT2D eigenvalue weighted by molar-refractivity contribution is 9.10. The summed E-state index contributed by atoms with van der Waals surface area (Å²) in [6, 6.07) is 14.4. The number of hydrogen-bond acceptors (Lipinski definition) is 5. The summed E-state index contributed by atoms with van der Waals surface area (Å²) in [4.78, 5) is 12.4. The normalized spacial score (nSPS) is 10.9. The molecule has 8 heteroatoms. The Morgan fingerprint density at radius 2 is 1.83 bits per heavy atom. The molecule has 1 amide bonds. The molecule has 0 unspecified atom stereocenters. The van der Waals surface area contributed by atoms with Crippen LogP contribution in [0, 0.1) is 13.8 Å². The first-order valence-electron chi connectivity index (χ1n) is 9.13. The zero-order chi connectivity index (χ0) is 20.8. The van der Waals surface area contributed by atoms with Gasteiger partial charge in [0.25, 0.3) is 0 Å². The minimum atomic E-state index is -0.0676. The van der Waals surface area contributed by atoms with Crippen LogP contribution in [0.2, 0.25) is 0 Å². The number of carbonyl (C=O) groups is 1. The number of anilines is 1. The Morgan fingerprint density at radius 3 is 2.59 bits per heavy atom. The second-order valence-corrected chi connectivity index (χ2v) is 9.47. The Hall–Kier alpha value is -1.77. The topological polar surface area (TPSA) is 59.8 Å². The van der Waals surface area contributed by atoms with Crippen molar-refractivity contribution < 1.29 is 4.79 Å². The van der Waals surface area contributed by atoms with Gasteiger partial charge in [-0.15, -0.1) is 22.0 Å². The summed E-state index contributed by atoms with van der Waals surface area (Å²) in [5.41, 5.74) is 4.40. The largest absolute Gasteiger partial charge is 0.324 e. The van der Waals surface area contributed by atoms with Gasteiger partial charge in [0.05, 0.1) is 17.2 Å². The molecule has 1 N–H and O–H groups in total. The highest BCUT2D eigenvalue weighted by Crippen LogP contribution is 2.27. The molecule has 0 saturated carbocycles. The Morgan fingerprint density at radius 1 is 1.10 bits per heavy atom. The lowest BCUT2D eigenvalue weighted by Gasteiger charge is -2.10. The molecule has 3 aromatic rings. The average Bonchev–Trinajstić information content (AvgIpc) is 3.05. The van der Waals surface area contributed by atoms with Crippen LogP contribution in [-0.2, 0) is 23.3 Å². The van der Waals surface area contributed by atoms with Crippen LogP contribution in [0.1, 0.15) is 22.5 Å². The van der Waals surface area contributed by atoms with E-state index in [1.54, 1.807) is 11.8 Å². The number of nitrogens with one attached hydrogen (secondary N) is 1. The van der Waals surface area contributed by atoms with E-state index in [4.69, 9.17) is 0 Å². The van der Waals surface area contributed by atoms with Crippen molar-refractivity contribution in [3.63, 3.8) is 0 Å². The minimum Gasteiger partial charge on any atom is -0.324 e. The van der Waals surface area contributed by atoms with Crippen molar-refractivity contribution in [3.05, 3.63) is 69.5 Å². The van der Waals surface area contributed by atoms with Gasteiger partial charge in [-0.2, -0.15) is 0 Å². The third-order valence-corrected chi connectivity index (χ3v) is 7.13. The van der Waals surface area contributed by atoms with Crippen LogP contribution in [0.4, 0.5) is 5.69 Å². The maximum absolute atomic E-state index is 12.4. The summed E-state index contributed by atoms with van der Waals surface area (Å²) >= 11 is 6.70. The molecule has 3 rings (SSSR count). The molecule has 0 saturated heterocycles. The standard InChI is InChI=1S/C21H23BrN4OS2/c1-14-9-17(22)18(10-15(14)2)23-20(27)13-29-21-25-24-19(26(21)3)12-28-11-16-7-5-4-6-8-16/h4-10H,11-13H2,1-3H3,(H,23,27). The molecule has 0 aliphatic heterocycles. The Balaban J connectivity index is 1.51. The number of nitrogens with zero attached hydrogens (tertiary/aromatic N) is 3. The van der Waals surface area contributed by atoms with Crippen molar-refractivity contribution in [2.75, 3.05) is 11.1 Å². The van der Waals surface area contributed by atoms with Crippen LogP contribution in [-0.4, -0.2) is 26.4 Å². The fourth-order valence-corrected chi connectivity index (χ4v) is 4.88. The van der Waals surface area contributed by atoms with Crippen LogP contribution < -0.4 is 5.32 Å². The number of halogens is 1. The van der Waals surface area contributed by atoms with Crippen LogP contribution in [0.3, 0.4) is 0 Å². The predicted molar refractivity (Wildman–Crippen MR) is 125 cm³/mol. The van der Waals surface area contributed by atoms with Crippen molar-refractivity contribution in [2.45, 2.75) is 30.5 Å². The number of amides is 1. The molecule has 1 aromatic heterocycles. The van der Waals surface area contributed by atoms with Gasteiger partial charge in [0, 0.05) is 17.3 Å². The second kappa shape index (κ2) is 10.3. The van der Waals surface area contributed by atoms with Gasteiger partial charge in [0.15, 0.2) is 5.16 Å². The molecule has 2 aromatic carbocycles. The van der Waals surface area contributed by atoms with Gasteiger partial charge in [-0.05, 0) is 58.6 Å². The van der Waals surface area contributed by atoms with Crippen molar-refractivity contribution in [2.24, 2.45) is 7.05 Å². The maximum atomic E-state index is 12.4. The predicted octanol–water partition coefficient (Wildman–Crippen LogP) is 5.36. The first-order valence-corrected chi connectivity index (χ1v) is 12.1. The van der Waals surface area contributed by atoms with Gasteiger partial charge in [-0.1, -0.05) is 42.1 Å². The third-order valence-electron chi connectivity index (χ3n) is 4.46. The van der Waals surface area contributed by atoms with Crippen LogP contribution in [0.5, 0.6) is 0 Å². The Labute approximate surface area is 188 Å². The van der Waals surface area contributed by atoms with Crippen molar-refractivity contribution >= 4 is 51.0 Å². The van der Waals surface area contributed by atoms with Crippen LogP contribution in [0.25, 0.3) is 0 Å². The molecule has 0 atom stereocenters. The van der Waals surface area contributed by atoms with E-state index in [2.05, 4.69) is 55.7 Å². The highest BCUT2D eigenvalue weighted by atomic mass is 79.9. The number of hydrogen-bond donors (Lipinski definition) is 1. The lowest BCUT2D eigenvalue weighted by Crippen LogP contribution is -2.15. The second-order valence-electron chi connectivity index (χ2n) is 6.69. The van der Waals surface area contributed by atoms with E-state index in [0.717, 1.165) is 38.2 Å². The van der Waals surface area contributed by atoms with E-state index in [1.165, 1.54) is 22.9 Å². The van der Waals surface area contributed by atoms with Gasteiger partial charge < -0.3 is 9.88 Å². The molecule has 29 heavy (non-hydrogen) atoms. The first kappa shape index (κ1) is 21.9. The molecule has 0 radical (unpaired) electrons. The SMILES string of the molecule is Cc1cc(Br)c(NC(=O)CSc2nnc(CSCc3ccccc3)n2C)cc1C. The zero-order valence-corrected chi connectivity index (χ0v) is 19.8. The zero-order valence-electron chi connectivity index (χ0n) is 16.6. The third kappa shape index (κ3) is 6.10. The summed E-state index contributed by atoms with van der Waals surface area (Å²) in [6.45, 7) is 4.08. The van der Waals surface area contributed by atoms with E-state index in [0.29, 0.717) is 0 Å². The van der Waals surface area contributed by atoms with E-state index in [9.17, 15) is 4.79 Å². The fraction of sp³-hybridized carbons (Fsp3) is 0.286. The molecule has 1 heterocycles. The fourth-order valence-electron chi connectivity index (χ4n) is 2.62. The van der Waals surface area contributed by atoms with Gasteiger partial charge in [-0.3, -0.25) is 4.79 Å². The molecule has 0 aliphatic carbocycles. The van der Waals surface area contributed by atoms with Crippen molar-refractivity contribution in [1.29, 1.82) is 0 Å². The monoisotopic (exact) mass is 490 g/mol. The smallest absolute Gasteiger partial charge is 0.234 e. The van der Waals surface area contributed by atoms with E-state index >= 15 is 0 Å². The van der Waals surface area contributed by atoms with Crippen molar-refractivity contribution in [3.8, 4) is 0 Å². The van der Waals surface area contributed by atoms with E-state index in [1.807, 2.05) is 43.7 Å². The summed E-state index contributed by atoms with van der Waals surface area (Å²) in [5, 5.41) is 12.2. The van der Waals surface area contributed by atoms with Gasteiger partial charge in [-0.25, -0.2) is 0 Å². The first-order chi connectivity index (χ1) is 13.9. The molecule has 5 nitrogen and oxygen atoms in total. The minimum absolute atomic E-state index is 0.0676. The van der Waals surface area contributed by atoms with Crippen LogP contribution >= 0.6 is 39.5 Å². The quantitative estimate of drug-likeness (QED) is 0.430. The number of aryl methyl sites for hydroxylation is 2. The number of thioether (sulfide) groups is 2. The lowest BCUT2D eigenvalue weighted by atomic mass is 10.1. The van der Waals surface area contributed by atoms with Gasteiger partial charge >= 0.3 is 0 Å². The van der Waals surface area contributed by atoms with Crippen molar-refractivity contribution in [1.82, 2.24) is 14.8 Å². The summed E-state index contributed by atoms with van der Waals surface area (Å²) in [6.07, 6.45) is 0. The average molecular weight is 491 g/mol. The molecule has 0 fully saturated rings. The van der Waals surface area contributed by atoms with E-state index < -0.39 is 0 Å². The van der Waals surface area contributed by atoms with Crippen LogP contribution in [0.15, 0.2) is 52.1 Å². The Kier molecular flexibility index (Phi) is 7.80. The Bertz CT molecular complexity index is 992. The molecular weight excluding hydrogens is 468 g/mol. The summed E-state index contributed by atoms with van der Waals surface area (Å²) in [7, 11) is 1.94. The molecular formula is C21H23BrN4OS2. The van der Waals surface area contributed by atoms with Gasteiger partial charge in [0.1, 0.15) is 5.82 Å². The molecule has 0 bridgehead atoms. The number of rotatable bonds is 8. The molecule has 0 spiro atoms. The van der Waals surface area contributed by atoms with Gasteiger partial charge in [0.2, 0.25) is 5.91 Å². The molecule has 152 valence electrons. The maximum Gasteiger partial charge on any atom is 0.234 e. The number of carbonyl (C=O) groups excluding carboxylic acids is 1. The lowest BCUT2D eigenvalue weighted by molar-refractivity contribution is -0.113. The highest BCUT2D eigenvalue weighted by Gasteiger charge is 2.13. The molecule has 0 aliphatic rings. The summed E-state index contributed by atoms with van der Waals surface area (Å²) < 4.78 is 2.84.